The summed E-state index contributed by atoms with van der Waals surface area (Å²) in [7, 11) is 1.78. The third kappa shape index (κ3) is 5.06. The highest BCUT2D eigenvalue weighted by Gasteiger charge is 2.15. The van der Waals surface area contributed by atoms with Gasteiger partial charge in [-0.05, 0) is 30.0 Å². The Morgan fingerprint density at radius 2 is 1.96 bits per heavy atom. The van der Waals surface area contributed by atoms with Crippen LogP contribution in [0.1, 0.15) is 42.4 Å². The molecule has 0 saturated carbocycles. The van der Waals surface area contributed by atoms with Gasteiger partial charge in [-0.15, -0.1) is 0 Å². The van der Waals surface area contributed by atoms with E-state index < -0.39 is 6.10 Å². The van der Waals surface area contributed by atoms with Crippen LogP contribution in [0.15, 0.2) is 30.5 Å². The fraction of sp³-hybridized carbons (Fsp3) is 0.474. The number of aliphatic hydroxyl groups is 1. The lowest BCUT2D eigenvalue weighted by Gasteiger charge is -2.19. The van der Waals surface area contributed by atoms with Crippen LogP contribution in [0.5, 0.6) is 5.75 Å². The first-order valence-electron chi connectivity index (χ1n) is 8.36. The third-order valence-electron chi connectivity index (χ3n) is 4.14. The van der Waals surface area contributed by atoms with Crippen molar-refractivity contribution in [3.05, 3.63) is 47.3 Å². The van der Waals surface area contributed by atoms with Gasteiger partial charge in [0.2, 0.25) is 0 Å². The van der Waals surface area contributed by atoms with Crippen molar-refractivity contribution in [1.82, 2.24) is 15.1 Å². The first kappa shape index (κ1) is 19.0. The van der Waals surface area contributed by atoms with Gasteiger partial charge in [-0.25, -0.2) is 0 Å². The van der Waals surface area contributed by atoms with Gasteiger partial charge in [-0.3, -0.25) is 9.48 Å². The van der Waals surface area contributed by atoms with Crippen LogP contribution in [0.3, 0.4) is 0 Å². The molecule has 2 N–H and O–H groups in total. The van der Waals surface area contributed by atoms with Crippen molar-refractivity contribution in [2.75, 3.05) is 13.2 Å². The Morgan fingerprint density at radius 1 is 1.32 bits per heavy atom. The van der Waals surface area contributed by atoms with Crippen LogP contribution < -0.4 is 10.1 Å². The largest absolute Gasteiger partial charge is 0.491 e. The molecule has 6 heteroatoms. The predicted octanol–water partition coefficient (Wildman–Crippen LogP) is 2.20. The van der Waals surface area contributed by atoms with Crippen molar-refractivity contribution in [1.29, 1.82) is 0 Å². The highest BCUT2D eigenvalue weighted by atomic mass is 16.5. The number of carbonyl (C=O) groups is 1. The Balaban J connectivity index is 1.80. The molecular formula is C19H27N3O3. The van der Waals surface area contributed by atoms with Crippen LogP contribution in [0, 0.1) is 6.92 Å². The molecule has 6 nitrogen and oxygen atoms in total. The molecule has 0 aliphatic heterocycles. The maximum absolute atomic E-state index is 12.1. The van der Waals surface area contributed by atoms with E-state index in [1.165, 1.54) is 11.8 Å². The molecule has 0 fully saturated rings. The van der Waals surface area contributed by atoms with Crippen molar-refractivity contribution >= 4 is 5.91 Å². The van der Waals surface area contributed by atoms with Gasteiger partial charge in [0, 0.05) is 19.3 Å². The molecule has 0 bridgehead atoms. The molecule has 0 aliphatic rings. The molecule has 0 unspecified atom stereocenters. The number of aliphatic hydroxyl groups excluding tert-OH is 1. The third-order valence-corrected chi connectivity index (χ3v) is 4.14. The van der Waals surface area contributed by atoms with Crippen LogP contribution >= 0.6 is 0 Å². The number of amides is 1. The molecule has 25 heavy (non-hydrogen) atoms. The van der Waals surface area contributed by atoms with Gasteiger partial charge in [-0.1, -0.05) is 32.9 Å². The average molecular weight is 345 g/mol. The summed E-state index contributed by atoms with van der Waals surface area (Å²) in [5.74, 6) is 0.445. The fourth-order valence-corrected chi connectivity index (χ4v) is 2.33. The number of nitrogens with zero attached hydrogens (tertiary/aromatic N) is 2. The molecule has 1 aromatic heterocycles. The van der Waals surface area contributed by atoms with Crippen molar-refractivity contribution in [3.63, 3.8) is 0 Å². The smallest absolute Gasteiger partial charge is 0.254 e. The monoisotopic (exact) mass is 345 g/mol. The SMILES string of the molecule is Cc1c(C(=O)NC[C@H](O)COc2ccc(C(C)(C)C)cc2)cnn1C. The van der Waals surface area contributed by atoms with Gasteiger partial charge in [0.05, 0.1) is 11.8 Å². The number of hydrogen-bond acceptors (Lipinski definition) is 4. The molecular weight excluding hydrogens is 318 g/mol. The number of ether oxygens (including phenoxy) is 1. The minimum absolute atomic E-state index is 0.0900. The summed E-state index contributed by atoms with van der Waals surface area (Å²) < 4.78 is 7.22. The molecule has 1 heterocycles. The second-order valence-corrected chi connectivity index (χ2v) is 7.22. The summed E-state index contributed by atoms with van der Waals surface area (Å²) in [6.07, 6.45) is 0.729. The van der Waals surface area contributed by atoms with Gasteiger partial charge >= 0.3 is 0 Å². The summed E-state index contributed by atoms with van der Waals surface area (Å²) in [6.45, 7) is 8.51. The van der Waals surface area contributed by atoms with Gasteiger partial charge in [0.15, 0.2) is 0 Å². The highest BCUT2D eigenvalue weighted by Crippen LogP contribution is 2.24. The van der Waals surface area contributed by atoms with Crippen LogP contribution in [-0.2, 0) is 12.5 Å². The van der Waals surface area contributed by atoms with E-state index in [1.54, 1.807) is 11.7 Å². The van der Waals surface area contributed by atoms with E-state index in [2.05, 4.69) is 31.2 Å². The summed E-state index contributed by atoms with van der Waals surface area (Å²) in [5.41, 5.74) is 2.60. The molecule has 1 aromatic carbocycles. The zero-order valence-electron chi connectivity index (χ0n) is 15.5. The van der Waals surface area contributed by atoms with E-state index in [0.717, 1.165) is 5.69 Å². The topological polar surface area (TPSA) is 76.4 Å². The zero-order chi connectivity index (χ0) is 18.6. The minimum Gasteiger partial charge on any atom is -0.491 e. The maximum atomic E-state index is 12.1. The number of hydrogen-bond donors (Lipinski definition) is 2. The Kier molecular flexibility index (Phi) is 5.85. The van der Waals surface area contributed by atoms with Crippen molar-refractivity contribution in [3.8, 4) is 5.75 Å². The molecule has 0 saturated heterocycles. The first-order chi connectivity index (χ1) is 11.7. The molecule has 1 atom stereocenters. The van der Waals surface area contributed by atoms with Crippen LogP contribution in [0.2, 0.25) is 0 Å². The lowest BCUT2D eigenvalue weighted by molar-refractivity contribution is 0.0843. The number of carbonyl (C=O) groups excluding carboxylic acids is 1. The second-order valence-electron chi connectivity index (χ2n) is 7.22. The van der Waals surface area contributed by atoms with Gasteiger partial charge in [0.1, 0.15) is 18.5 Å². The molecule has 2 rings (SSSR count). The molecule has 0 aliphatic carbocycles. The molecule has 0 spiro atoms. The lowest BCUT2D eigenvalue weighted by atomic mass is 9.87. The second kappa shape index (κ2) is 7.70. The van der Waals surface area contributed by atoms with Crippen LogP contribution in [-0.4, -0.2) is 40.0 Å². The van der Waals surface area contributed by atoms with E-state index in [1.807, 2.05) is 31.2 Å². The Morgan fingerprint density at radius 3 is 2.48 bits per heavy atom. The van der Waals surface area contributed by atoms with Crippen LogP contribution in [0.25, 0.3) is 0 Å². The Labute approximate surface area is 148 Å². The number of nitrogens with one attached hydrogen (secondary N) is 1. The summed E-state index contributed by atoms with van der Waals surface area (Å²) in [5, 5.41) is 16.7. The maximum Gasteiger partial charge on any atom is 0.254 e. The molecule has 2 aromatic rings. The lowest BCUT2D eigenvalue weighted by Crippen LogP contribution is -2.35. The van der Waals surface area contributed by atoms with E-state index in [9.17, 15) is 9.90 Å². The van der Waals surface area contributed by atoms with E-state index >= 15 is 0 Å². The molecule has 0 radical (unpaired) electrons. The van der Waals surface area contributed by atoms with Crippen molar-refractivity contribution < 1.29 is 14.6 Å². The summed E-state index contributed by atoms with van der Waals surface area (Å²) in [4.78, 5) is 12.1. The number of aromatic nitrogens is 2. The molecule has 1 amide bonds. The number of aryl methyl sites for hydroxylation is 1. The number of benzene rings is 1. The van der Waals surface area contributed by atoms with E-state index in [4.69, 9.17) is 4.74 Å². The quantitative estimate of drug-likeness (QED) is 0.841. The Hall–Kier alpha value is -2.34. The normalized spacial score (nSPS) is 12.7. The highest BCUT2D eigenvalue weighted by molar-refractivity contribution is 5.95. The zero-order valence-corrected chi connectivity index (χ0v) is 15.5. The standard InChI is InChI=1S/C19H27N3O3/c1-13-17(11-21-22(13)5)18(24)20-10-15(23)12-25-16-8-6-14(7-9-16)19(2,3)4/h6-9,11,15,23H,10,12H2,1-5H3,(H,20,24)/t15-/m0/s1. The summed E-state index contributed by atoms with van der Waals surface area (Å²) in [6, 6.07) is 7.83. The molecule has 136 valence electrons. The van der Waals surface area contributed by atoms with E-state index in [0.29, 0.717) is 11.3 Å². The van der Waals surface area contributed by atoms with E-state index in [-0.39, 0.29) is 24.5 Å². The summed E-state index contributed by atoms with van der Waals surface area (Å²) >= 11 is 0. The number of rotatable bonds is 6. The fourth-order valence-electron chi connectivity index (χ4n) is 2.33. The predicted molar refractivity (Wildman–Crippen MR) is 96.9 cm³/mol. The van der Waals surface area contributed by atoms with Crippen molar-refractivity contribution in [2.45, 2.75) is 39.2 Å². The first-order valence-corrected chi connectivity index (χ1v) is 8.36. The van der Waals surface area contributed by atoms with Gasteiger partial charge in [-0.2, -0.15) is 5.10 Å². The Bertz CT molecular complexity index is 715. The minimum atomic E-state index is -0.789. The van der Waals surface area contributed by atoms with Gasteiger partial charge < -0.3 is 15.2 Å². The average Bonchev–Trinajstić information content (AvgIpc) is 2.89. The van der Waals surface area contributed by atoms with Gasteiger partial charge in [0.25, 0.3) is 5.91 Å². The van der Waals surface area contributed by atoms with Crippen molar-refractivity contribution in [2.24, 2.45) is 7.05 Å². The van der Waals surface area contributed by atoms with Crippen LogP contribution in [0.4, 0.5) is 0 Å².